The Morgan fingerprint density at radius 3 is 2.30 bits per heavy atom. The maximum absolute atomic E-state index is 11.2. The number of rotatable bonds is 6. The van der Waals surface area contributed by atoms with Crippen LogP contribution in [-0.4, -0.2) is 40.9 Å². The van der Waals surface area contributed by atoms with Crippen LogP contribution < -0.4 is 0 Å². The molecule has 3 heteroatoms. The number of hydrogen-bond donors (Lipinski definition) is 2. The number of benzene rings is 3. The number of hydrogen-bond acceptors (Lipinski definition) is 3. The standard InChI is InChI=1S/C24H29NO2/c26-15-14-25(19-9-2-1-3-10-19)17-24(27)23-16-18-8-4-5-11-20(18)21-12-6-7-13-22(21)23/h4-8,11-13,16,19,24,26-27H,1-3,9-10,14-15,17H2. The van der Waals surface area contributed by atoms with Crippen LogP contribution >= 0.6 is 0 Å². The predicted molar refractivity (Wildman–Crippen MR) is 112 cm³/mol. The Bertz CT molecular complexity index is 901. The Balaban J connectivity index is 1.69. The van der Waals surface area contributed by atoms with E-state index in [1.54, 1.807) is 0 Å². The minimum atomic E-state index is -0.562. The second-order valence-electron chi connectivity index (χ2n) is 7.76. The fourth-order valence-corrected chi connectivity index (χ4v) is 4.68. The lowest BCUT2D eigenvalue weighted by Crippen LogP contribution is -2.41. The zero-order valence-corrected chi connectivity index (χ0v) is 15.8. The summed E-state index contributed by atoms with van der Waals surface area (Å²) in [6, 6.07) is 19.3. The third kappa shape index (κ3) is 3.86. The molecule has 1 aliphatic rings. The van der Waals surface area contributed by atoms with Gasteiger partial charge >= 0.3 is 0 Å². The molecular formula is C24H29NO2. The Morgan fingerprint density at radius 2 is 1.56 bits per heavy atom. The van der Waals surface area contributed by atoms with Crippen LogP contribution in [0.25, 0.3) is 21.5 Å². The van der Waals surface area contributed by atoms with Gasteiger partial charge < -0.3 is 10.2 Å². The van der Waals surface area contributed by atoms with E-state index in [9.17, 15) is 10.2 Å². The molecule has 1 unspecified atom stereocenters. The number of aliphatic hydroxyl groups is 2. The molecule has 0 heterocycles. The highest BCUT2D eigenvalue weighted by atomic mass is 16.3. The summed E-state index contributed by atoms with van der Waals surface area (Å²) >= 11 is 0. The lowest BCUT2D eigenvalue weighted by Gasteiger charge is -2.35. The summed E-state index contributed by atoms with van der Waals surface area (Å²) in [6.07, 6.45) is 5.59. The zero-order chi connectivity index (χ0) is 18.6. The van der Waals surface area contributed by atoms with Crippen LogP contribution in [0.5, 0.6) is 0 Å². The van der Waals surface area contributed by atoms with Crippen LogP contribution in [0.15, 0.2) is 54.6 Å². The molecule has 1 saturated carbocycles. The maximum Gasteiger partial charge on any atom is 0.0923 e. The number of nitrogens with zero attached hydrogens (tertiary/aromatic N) is 1. The average Bonchev–Trinajstić information content (AvgIpc) is 2.73. The summed E-state index contributed by atoms with van der Waals surface area (Å²) in [6.45, 7) is 1.35. The molecule has 1 fully saturated rings. The van der Waals surface area contributed by atoms with E-state index in [2.05, 4.69) is 47.4 Å². The third-order valence-electron chi connectivity index (χ3n) is 6.04. The fraction of sp³-hybridized carbons (Fsp3) is 0.417. The van der Waals surface area contributed by atoms with E-state index in [4.69, 9.17) is 0 Å². The van der Waals surface area contributed by atoms with Gasteiger partial charge in [0.2, 0.25) is 0 Å². The topological polar surface area (TPSA) is 43.7 Å². The molecule has 0 spiro atoms. The minimum Gasteiger partial charge on any atom is -0.395 e. The Morgan fingerprint density at radius 1 is 0.889 bits per heavy atom. The second-order valence-corrected chi connectivity index (χ2v) is 7.76. The van der Waals surface area contributed by atoms with Crippen molar-refractivity contribution in [1.29, 1.82) is 0 Å². The van der Waals surface area contributed by atoms with Gasteiger partial charge in [0.15, 0.2) is 0 Å². The number of aliphatic hydroxyl groups excluding tert-OH is 2. The molecule has 1 atom stereocenters. The SMILES string of the molecule is OCCN(CC(O)c1cc2ccccc2c2ccccc12)C1CCCCC1. The zero-order valence-electron chi connectivity index (χ0n) is 15.8. The molecule has 4 rings (SSSR count). The number of fused-ring (bicyclic) bond motifs is 3. The molecule has 142 valence electrons. The van der Waals surface area contributed by atoms with Crippen molar-refractivity contribution < 1.29 is 10.2 Å². The van der Waals surface area contributed by atoms with Gasteiger partial charge in [0, 0.05) is 19.1 Å². The monoisotopic (exact) mass is 363 g/mol. The van der Waals surface area contributed by atoms with Gasteiger partial charge in [-0.05, 0) is 46.0 Å². The lowest BCUT2D eigenvalue weighted by molar-refractivity contribution is 0.0607. The first-order chi connectivity index (χ1) is 13.3. The summed E-state index contributed by atoms with van der Waals surface area (Å²) in [5.41, 5.74) is 0.989. The third-order valence-corrected chi connectivity index (χ3v) is 6.04. The van der Waals surface area contributed by atoms with Gasteiger partial charge in [-0.15, -0.1) is 0 Å². The minimum absolute atomic E-state index is 0.141. The Labute approximate surface area is 161 Å². The van der Waals surface area contributed by atoms with Crippen LogP contribution in [-0.2, 0) is 0 Å². The van der Waals surface area contributed by atoms with E-state index in [1.807, 2.05) is 12.1 Å². The molecule has 0 aromatic heterocycles. The van der Waals surface area contributed by atoms with Crippen LogP contribution in [0.4, 0.5) is 0 Å². The van der Waals surface area contributed by atoms with E-state index < -0.39 is 6.10 Å². The smallest absolute Gasteiger partial charge is 0.0923 e. The first-order valence-corrected chi connectivity index (χ1v) is 10.2. The molecule has 0 amide bonds. The van der Waals surface area contributed by atoms with Crippen LogP contribution in [0.2, 0.25) is 0 Å². The highest BCUT2D eigenvalue weighted by Crippen LogP contribution is 2.33. The molecule has 0 aliphatic heterocycles. The van der Waals surface area contributed by atoms with Crippen molar-refractivity contribution in [1.82, 2.24) is 4.90 Å². The summed E-state index contributed by atoms with van der Waals surface area (Å²) in [4.78, 5) is 2.30. The molecule has 3 nitrogen and oxygen atoms in total. The van der Waals surface area contributed by atoms with E-state index >= 15 is 0 Å². The van der Waals surface area contributed by atoms with Gasteiger partial charge in [-0.25, -0.2) is 0 Å². The molecule has 0 saturated heterocycles. The van der Waals surface area contributed by atoms with Crippen molar-refractivity contribution in [2.45, 2.75) is 44.2 Å². The second kappa shape index (κ2) is 8.39. The summed E-state index contributed by atoms with van der Waals surface area (Å²) in [5.74, 6) is 0. The van der Waals surface area contributed by atoms with Crippen molar-refractivity contribution in [3.8, 4) is 0 Å². The summed E-state index contributed by atoms with van der Waals surface area (Å²) in [5, 5.41) is 25.4. The summed E-state index contributed by atoms with van der Waals surface area (Å²) in [7, 11) is 0. The molecule has 3 aromatic rings. The van der Waals surface area contributed by atoms with Gasteiger partial charge in [0.1, 0.15) is 0 Å². The Kier molecular flexibility index (Phi) is 5.72. The molecule has 0 bridgehead atoms. The van der Waals surface area contributed by atoms with E-state index in [-0.39, 0.29) is 6.61 Å². The Hall–Kier alpha value is -1.94. The van der Waals surface area contributed by atoms with Gasteiger partial charge in [-0.1, -0.05) is 67.8 Å². The van der Waals surface area contributed by atoms with Crippen molar-refractivity contribution in [3.63, 3.8) is 0 Å². The first kappa shape index (κ1) is 18.4. The van der Waals surface area contributed by atoms with E-state index in [0.29, 0.717) is 19.1 Å². The van der Waals surface area contributed by atoms with Gasteiger partial charge in [-0.2, -0.15) is 0 Å². The van der Waals surface area contributed by atoms with Crippen molar-refractivity contribution in [3.05, 3.63) is 60.2 Å². The van der Waals surface area contributed by atoms with Crippen LogP contribution in [0.3, 0.4) is 0 Å². The normalized spacial score (nSPS) is 17.0. The van der Waals surface area contributed by atoms with E-state index in [1.165, 1.54) is 42.9 Å². The molecule has 3 aromatic carbocycles. The summed E-state index contributed by atoms with van der Waals surface area (Å²) < 4.78 is 0. The van der Waals surface area contributed by atoms with Gasteiger partial charge in [0.05, 0.1) is 12.7 Å². The lowest BCUT2D eigenvalue weighted by atomic mass is 9.92. The predicted octanol–water partition coefficient (Wildman–Crippen LogP) is 4.65. The highest BCUT2D eigenvalue weighted by molar-refractivity contribution is 6.09. The van der Waals surface area contributed by atoms with Crippen LogP contribution in [0, 0.1) is 0 Å². The van der Waals surface area contributed by atoms with Gasteiger partial charge in [0.25, 0.3) is 0 Å². The molecular weight excluding hydrogens is 334 g/mol. The largest absolute Gasteiger partial charge is 0.395 e. The van der Waals surface area contributed by atoms with Crippen LogP contribution in [0.1, 0.15) is 43.8 Å². The molecule has 1 aliphatic carbocycles. The van der Waals surface area contributed by atoms with Crippen molar-refractivity contribution >= 4 is 21.5 Å². The molecule has 0 radical (unpaired) electrons. The first-order valence-electron chi connectivity index (χ1n) is 10.2. The van der Waals surface area contributed by atoms with Crippen molar-refractivity contribution in [2.75, 3.05) is 19.7 Å². The average molecular weight is 364 g/mol. The van der Waals surface area contributed by atoms with Gasteiger partial charge in [-0.3, -0.25) is 4.90 Å². The highest BCUT2D eigenvalue weighted by Gasteiger charge is 2.24. The fourth-order valence-electron chi connectivity index (χ4n) is 4.68. The molecule has 2 N–H and O–H groups in total. The van der Waals surface area contributed by atoms with Crippen molar-refractivity contribution in [2.24, 2.45) is 0 Å². The maximum atomic E-state index is 11.2. The van der Waals surface area contributed by atoms with E-state index in [0.717, 1.165) is 16.3 Å². The molecule has 27 heavy (non-hydrogen) atoms. The quantitative estimate of drug-likeness (QED) is 0.626.